The number of hydrogen-bond acceptors (Lipinski definition) is 3. The van der Waals surface area contributed by atoms with E-state index in [1.807, 2.05) is 38.1 Å². The van der Waals surface area contributed by atoms with Crippen molar-refractivity contribution >= 4 is 5.57 Å². The number of aryl methyl sites for hydroxylation is 1. The summed E-state index contributed by atoms with van der Waals surface area (Å²) in [6.45, 7) is 4.02. The molecule has 3 N–H and O–H groups in total. The molecule has 0 bridgehead atoms. The van der Waals surface area contributed by atoms with Crippen LogP contribution >= 0.6 is 0 Å². The Morgan fingerprint density at radius 1 is 1.53 bits per heavy atom. The third-order valence-electron chi connectivity index (χ3n) is 2.12. The average molecular weight is 203 g/mol. The van der Waals surface area contributed by atoms with E-state index in [0.717, 1.165) is 11.3 Å². The Kier molecular flexibility index (Phi) is 3.92. The molecule has 3 nitrogen and oxygen atoms in total. The molecule has 0 aliphatic carbocycles. The molecule has 15 heavy (non-hydrogen) atoms. The minimum atomic E-state index is 0.631. The summed E-state index contributed by atoms with van der Waals surface area (Å²) >= 11 is 0. The van der Waals surface area contributed by atoms with E-state index in [1.54, 1.807) is 13.2 Å². The maximum absolute atomic E-state index is 5.71. The van der Waals surface area contributed by atoms with Crippen molar-refractivity contribution in [3.8, 4) is 0 Å². The van der Waals surface area contributed by atoms with Crippen molar-refractivity contribution in [1.29, 1.82) is 0 Å². The van der Waals surface area contributed by atoms with E-state index >= 15 is 0 Å². The topological polar surface area (TPSA) is 50.9 Å². The summed E-state index contributed by atoms with van der Waals surface area (Å²) in [5, 5.41) is 2.88. The minimum absolute atomic E-state index is 0.631. The van der Waals surface area contributed by atoms with Gasteiger partial charge in [-0.05, 0) is 43.2 Å². The number of nitrogens with two attached hydrogens (primary N) is 1. The first-order valence-electron chi connectivity index (χ1n) is 4.91. The highest BCUT2D eigenvalue weighted by Gasteiger charge is 1.99. The monoisotopic (exact) mass is 203 g/mol. The summed E-state index contributed by atoms with van der Waals surface area (Å²) in [6.07, 6.45) is 5.67. The van der Waals surface area contributed by atoms with Gasteiger partial charge >= 0.3 is 0 Å². The van der Waals surface area contributed by atoms with Gasteiger partial charge in [0, 0.05) is 13.2 Å². The second kappa shape index (κ2) is 5.20. The molecule has 1 rings (SSSR count). The predicted molar refractivity (Wildman–Crippen MR) is 64.0 cm³/mol. The Hall–Kier alpha value is -1.77. The van der Waals surface area contributed by atoms with Crippen LogP contribution < -0.4 is 11.1 Å². The van der Waals surface area contributed by atoms with Crippen molar-refractivity contribution in [1.82, 2.24) is 10.3 Å². The first-order chi connectivity index (χ1) is 7.17. The molecule has 0 aliphatic rings. The molecule has 0 amide bonds. The normalized spacial score (nSPS) is 12.7. The third-order valence-corrected chi connectivity index (χ3v) is 2.12. The lowest BCUT2D eigenvalue weighted by atomic mass is 10.1. The van der Waals surface area contributed by atoms with Crippen LogP contribution in [0, 0.1) is 6.92 Å². The molecule has 0 saturated heterocycles. The van der Waals surface area contributed by atoms with E-state index in [2.05, 4.69) is 10.3 Å². The van der Waals surface area contributed by atoms with Gasteiger partial charge in [-0.1, -0.05) is 6.08 Å². The van der Waals surface area contributed by atoms with Crippen LogP contribution in [0.25, 0.3) is 5.57 Å². The highest BCUT2D eigenvalue weighted by Crippen LogP contribution is 2.14. The van der Waals surface area contributed by atoms with Crippen LogP contribution in [-0.2, 0) is 0 Å². The van der Waals surface area contributed by atoms with Gasteiger partial charge < -0.3 is 11.1 Å². The molecule has 0 fully saturated rings. The van der Waals surface area contributed by atoms with E-state index in [4.69, 9.17) is 5.73 Å². The molecule has 80 valence electrons. The summed E-state index contributed by atoms with van der Waals surface area (Å²) in [6, 6.07) is 4.01. The van der Waals surface area contributed by atoms with Gasteiger partial charge in [0.1, 0.15) is 0 Å². The summed E-state index contributed by atoms with van der Waals surface area (Å²) in [4.78, 5) is 4.30. The Morgan fingerprint density at radius 3 is 2.80 bits per heavy atom. The van der Waals surface area contributed by atoms with Gasteiger partial charge in [0.05, 0.1) is 11.5 Å². The molecular weight excluding hydrogens is 186 g/mol. The number of rotatable bonds is 3. The lowest BCUT2D eigenvalue weighted by molar-refractivity contribution is 0.966. The van der Waals surface area contributed by atoms with Crippen molar-refractivity contribution in [2.45, 2.75) is 13.8 Å². The Labute approximate surface area is 90.7 Å². The van der Waals surface area contributed by atoms with Crippen LogP contribution in [-0.4, -0.2) is 12.0 Å². The van der Waals surface area contributed by atoms with Crippen molar-refractivity contribution < 1.29 is 0 Å². The van der Waals surface area contributed by atoms with Gasteiger partial charge in [0.25, 0.3) is 0 Å². The third kappa shape index (κ3) is 3.13. The number of nitrogens with zero attached hydrogens (tertiary/aromatic N) is 1. The van der Waals surface area contributed by atoms with Crippen LogP contribution in [0.1, 0.15) is 18.2 Å². The van der Waals surface area contributed by atoms with Gasteiger partial charge in [-0.2, -0.15) is 0 Å². The molecule has 0 spiro atoms. The van der Waals surface area contributed by atoms with Gasteiger partial charge in [-0.3, -0.25) is 4.98 Å². The first kappa shape index (κ1) is 11.3. The van der Waals surface area contributed by atoms with Crippen molar-refractivity contribution in [3.05, 3.63) is 47.6 Å². The maximum atomic E-state index is 5.71. The maximum Gasteiger partial charge on any atom is 0.0964 e. The number of nitrogens with one attached hydrogen (secondary N) is 1. The van der Waals surface area contributed by atoms with E-state index in [9.17, 15) is 0 Å². The van der Waals surface area contributed by atoms with Crippen LogP contribution in [0.2, 0.25) is 0 Å². The zero-order valence-electron chi connectivity index (χ0n) is 9.41. The number of allylic oxidation sites excluding steroid dienone is 3. The van der Waals surface area contributed by atoms with Crippen LogP contribution in [0.4, 0.5) is 0 Å². The van der Waals surface area contributed by atoms with Crippen molar-refractivity contribution in [2.24, 2.45) is 5.73 Å². The first-order valence-corrected chi connectivity index (χ1v) is 4.91. The lowest BCUT2D eigenvalue weighted by Gasteiger charge is -2.04. The SMILES string of the molecule is C/C=C(\C=C(\N)NC)c1cc(C)ccn1. The molecule has 1 aromatic heterocycles. The Balaban J connectivity index is 3.04. The van der Waals surface area contributed by atoms with E-state index < -0.39 is 0 Å². The molecule has 0 atom stereocenters. The average Bonchev–Trinajstić information content (AvgIpc) is 2.25. The molecule has 0 unspecified atom stereocenters. The molecule has 1 aromatic rings. The second-order valence-electron chi connectivity index (χ2n) is 3.31. The van der Waals surface area contributed by atoms with E-state index in [-0.39, 0.29) is 0 Å². The fourth-order valence-corrected chi connectivity index (χ4v) is 1.24. The molecule has 0 aromatic carbocycles. The molecule has 0 radical (unpaired) electrons. The lowest BCUT2D eigenvalue weighted by Crippen LogP contribution is -2.14. The number of hydrogen-bond donors (Lipinski definition) is 2. The summed E-state index contributed by atoms with van der Waals surface area (Å²) in [5.41, 5.74) is 8.86. The number of aromatic nitrogens is 1. The van der Waals surface area contributed by atoms with Gasteiger partial charge in [0.15, 0.2) is 0 Å². The zero-order valence-corrected chi connectivity index (χ0v) is 9.41. The fraction of sp³-hybridized carbons (Fsp3) is 0.250. The van der Waals surface area contributed by atoms with E-state index in [0.29, 0.717) is 5.82 Å². The quantitative estimate of drug-likeness (QED) is 0.737. The molecule has 0 aliphatic heterocycles. The summed E-state index contributed by atoms with van der Waals surface area (Å²) in [7, 11) is 1.79. The fourth-order valence-electron chi connectivity index (χ4n) is 1.24. The zero-order chi connectivity index (χ0) is 11.3. The van der Waals surface area contributed by atoms with Crippen LogP contribution in [0.5, 0.6) is 0 Å². The van der Waals surface area contributed by atoms with Gasteiger partial charge in [-0.25, -0.2) is 0 Å². The molecule has 0 saturated carbocycles. The second-order valence-corrected chi connectivity index (χ2v) is 3.31. The predicted octanol–water partition coefficient (Wildman–Crippen LogP) is 1.81. The van der Waals surface area contributed by atoms with Gasteiger partial charge in [-0.15, -0.1) is 0 Å². The Morgan fingerprint density at radius 2 is 2.27 bits per heavy atom. The molecular formula is C12H17N3. The Bertz CT molecular complexity index is 392. The number of pyridine rings is 1. The van der Waals surface area contributed by atoms with Crippen LogP contribution in [0.15, 0.2) is 36.3 Å². The largest absolute Gasteiger partial charge is 0.386 e. The highest BCUT2D eigenvalue weighted by atomic mass is 14.9. The highest BCUT2D eigenvalue weighted by molar-refractivity contribution is 5.72. The van der Waals surface area contributed by atoms with Crippen LogP contribution in [0.3, 0.4) is 0 Å². The molecule has 1 heterocycles. The summed E-state index contributed by atoms with van der Waals surface area (Å²) < 4.78 is 0. The molecule has 3 heteroatoms. The smallest absolute Gasteiger partial charge is 0.0964 e. The van der Waals surface area contributed by atoms with E-state index in [1.165, 1.54) is 5.56 Å². The van der Waals surface area contributed by atoms with Crippen molar-refractivity contribution in [2.75, 3.05) is 7.05 Å². The van der Waals surface area contributed by atoms with Crippen molar-refractivity contribution in [3.63, 3.8) is 0 Å². The van der Waals surface area contributed by atoms with Gasteiger partial charge in [0.2, 0.25) is 0 Å². The minimum Gasteiger partial charge on any atom is -0.386 e. The summed E-state index contributed by atoms with van der Waals surface area (Å²) in [5.74, 6) is 0.631. The standard InChI is InChI=1S/C12H17N3/c1-4-10(8-12(13)14-3)11-7-9(2)5-6-15-11/h4-8,14H,13H2,1-3H3/b10-4+,12-8-.